The third-order valence-electron chi connectivity index (χ3n) is 2.37. The molecule has 0 saturated heterocycles. The second kappa shape index (κ2) is 5.05. The van der Waals surface area contributed by atoms with Gasteiger partial charge in [-0.2, -0.15) is 0 Å². The SMILES string of the molecule is COC(c1nc(C)c(C(C)N)s1)C(C)C. The molecule has 86 valence electrons. The molecule has 1 aromatic rings. The number of methoxy groups -OCH3 is 1. The Bertz CT molecular complexity index is 320. The first-order chi connectivity index (χ1) is 6.97. The summed E-state index contributed by atoms with van der Waals surface area (Å²) in [7, 11) is 1.73. The summed E-state index contributed by atoms with van der Waals surface area (Å²) in [4.78, 5) is 5.70. The topological polar surface area (TPSA) is 48.1 Å². The van der Waals surface area contributed by atoms with Gasteiger partial charge in [-0.1, -0.05) is 13.8 Å². The summed E-state index contributed by atoms with van der Waals surface area (Å²) in [6, 6.07) is 0.0564. The van der Waals surface area contributed by atoms with E-state index in [1.54, 1.807) is 18.4 Å². The number of hydrogen-bond acceptors (Lipinski definition) is 4. The van der Waals surface area contributed by atoms with Crippen LogP contribution >= 0.6 is 11.3 Å². The zero-order valence-electron chi connectivity index (χ0n) is 10.1. The number of nitrogens with zero attached hydrogens (tertiary/aromatic N) is 1. The Hall–Kier alpha value is -0.450. The highest BCUT2D eigenvalue weighted by molar-refractivity contribution is 7.11. The van der Waals surface area contributed by atoms with Crippen molar-refractivity contribution in [1.82, 2.24) is 4.98 Å². The highest BCUT2D eigenvalue weighted by Crippen LogP contribution is 2.32. The van der Waals surface area contributed by atoms with E-state index >= 15 is 0 Å². The first kappa shape index (κ1) is 12.6. The molecular weight excluding hydrogens is 208 g/mol. The van der Waals surface area contributed by atoms with Gasteiger partial charge in [0.05, 0.1) is 5.69 Å². The van der Waals surface area contributed by atoms with E-state index in [4.69, 9.17) is 10.5 Å². The number of hydrogen-bond donors (Lipinski definition) is 1. The van der Waals surface area contributed by atoms with Crippen molar-refractivity contribution in [3.63, 3.8) is 0 Å². The molecule has 2 N–H and O–H groups in total. The molecule has 0 spiro atoms. The van der Waals surface area contributed by atoms with Crippen LogP contribution in [0.2, 0.25) is 0 Å². The van der Waals surface area contributed by atoms with Crippen LogP contribution in [0.25, 0.3) is 0 Å². The summed E-state index contributed by atoms with van der Waals surface area (Å²) in [5.74, 6) is 0.432. The van der Waals surface area contributed by atoms with Crippen molar-refractivity contribution < 1.29 is 4.74 Å². The van der Waals surface area contributed by atoms with Crippen LogP contribution in [-0.4, -0.2) is 12.1 Å². The third kappa shape index (κ3) is 2.77. The molecule has 3 nitrogen and oxygen atoms in total. The third-order valence-corrected chi connectivity index (χ3v) is 3.79. The lowest BCUT2D eigenvalue weighted by Gasteiger charge is -2.16. The predicted octanol–water partition coefficient (Wildman–Crippen LogP) is 2.81. The number of rotatable bonds is 4. The number of thiazole rings is 1. The quantitative estimate of drug-likeness (QED) is 0.862. The van der Waals surface area contributed by atoms with Gasteiger partial charge >= 0.3 is 0 Å². The molecule has 0 amide bonds. The van der Waals surface area contributed by atoms with E-state index in [2.05, 4.69) is 18.8 Å². The maximum Gasteiger partial charge on any atom is 0.122 e. The lowest BCUT2D eigenvalue weighted by molar-refractivity contribution is 0.0643. The van der Waals surface area contributed by atoms with Crippen LogP contribution in [0.4, 0.5) is 0 Å². The summed E-state index contributed by atoms with van der Waals surface area (Å²) in [5, 5.41) is 1.04. The molecule has 0 aromatic carbocycles. The van der Waals surface area contributed by atoms with Crippen LogP contribution in [0.5, 0.6) is 0 Å². The fourth-order valence-corrected chi connectivity index (χ4v) is 2.90. The summed E-state index contributed by atoms with van der Waals surface area (Å²) in [6.45, 7) is 8.26. The van der Waals surface area contributed by atoms with Crippen LogP contribution in [0.3, 0.4) is 0 Å². The summed E-state index contributed by atoms with van der Waals surface area (Å²) < 4.78 is 5.45. The van der Waals surface area contributed by atoms with E-state index in [1.807, 2.05) is 13.8 Å². The first-order valence-corrected chi connectivity index (χ1v) is 6.04. The average molecular weight is 228 g/mol. The van der Waals surface area contributed by atoms with E-state index in [9.17, 15) is 0 Å². The summed E-state index contributed by atoms with van der Waals surface area (Å²) >= 11 is 1.67. The summed E-state index contributed by atoms with van der Waals surface area (Å²) in [5.41, 5.74) is 6.91. The Kier molecular flexibility index (Phi) is 4.25. The van der Waals surface area contributed by atoms with Crippen LogP contribution in [-0.2, 0) is 4.74 Å². The lowest BCUT2D eigenvalue weighted by Crippen LogP contribution is -2.08. The molecule has 0 fully saturated rings. The van der Waals surface area contributed by atoms with Crippen molar-refractivity contribution in [2.45, 2.75) is 39.8 Å². The molecule has 0 radical (unpaired) electrons. The highest BCUT2D eigenvalue weighted by Gasteiger charge is 2.21. The molecule has 2 unspecified atom stereocenters. The van der Waals surface area contributed by atoms with Crippen molar-refractivity contribution in [2.24, 2.45) is 11.7 Å². The van der Waals surface area contributed by atoms with Crippen molar-refractivity contribution in [3.05, 3.63) is 15.6 Å². The van der Waals surface area contributed by atoms with Crippen molar-refractivity contribution >= 4 is 11.3 Å². The molecule has 0 bridgehead atoms. The zero-order valence-corrected chi connectivity index (χ0v) is 10.9. The molecule has 0 saturated carbocycles. The number of aromatic nitrogens is 1. The average Bonchev–Trinajstić information content (AvgIpc) is 2.48. The van der Waals surface area contributed by atoms with Gasteiger partial charge in [-0.3, -0.25) is 0 Å². The molecule has 15 heavy (non-hydrogen) atoms. The second-order valence-electron chi connectivity index (χ2n) is 4.19. The van der Waals surface area contributed by atoms with Crippen molar-refractivity contribution in [2.75, 3.05) is 7.11 Å². The van der Waals surface area contributed by atoms with E-state index in [1.165, 1.54) is 0 Å². The Morgan fingerprint density at radius 2 is 1.93 bits per heavy atom. The molecular formula is C11H20N2OS. The normalized spacial score (nSPS) is 15.7. The molecule has 1 rings (SSSR count). The minimum absolute atomic E-state index is 0.0564. The first-order valence-electron chi connectivity index (χ1n) is 5.23. The number of nitrogens with two attached hydrogens (primary N) is 1. The number of aryl methyl sites for hydroxylation is 1. The Morgan fingerprint density at radius 3 is 2.27 bits per heavy atom. The van der Waals surface area contributed by atoms with Gasteiger partial charge in [-0.05, 0) is 19.8 Å². The predicted molar refractivity (Wildman–Crippen MR) is 64.0 cm³/mol. The maximum atomic E-state index is 5.88. The minimum atomic E-state index is 0.0564. The van der Waals surface area contributed by atoms with Crippen LogP contribution in [0.15, 0.2) is 0 Å². The monoisotopic (exact) mass is 228 g/mol. The molecule has 1 heterocycles. The van der Waals surface area contributed by atoms with Crippen molar-refractivity contribution in [1.29, 1.82) is 0 Å². The summed E-state index contributed by atoms with van der Waals surface area (Å²) in [6.07, 6.45) is 0.0844. The maximum absolute atomic E-state index is 5.88. The molecule has 0 aliphatic heterocycles. The largest absolute Gasteiger partial charge is 0.374 e. The zero-order chi connectivity index (χ0) is 11.6. The van der Waals surface area contributed by atoms with Gasteiger partial charge in [0.2, 0.25) is 0 Å². The molecule has 2 atom stereocenters. The van der Waals surface area contributed by atoms with Crippen LogP contribution < -0.4 is 5.73 Å². The molecule has 0 aliphatic rings. The van der Waals surface area contributed by atoms with E-state index in [-0.39, 0.29) is 12.1 Å². The van der Waals surface area contributed by atoms with E-state index < -0.39 is 0 Å². The van der Waals surface area contributed by atoms with Crippen LogP contribution in [0.1, 0.15) is 48.5 Å². The van der Waals surface area contributed by atoms with Gasteiger partial charge in [0.15, 0.2) is 0 Å². The Morgan fingerprint density at radius 1 is 1.33 bits per heavy atom. The van der Waals surface area contributed by atoms with Gasteiger partial charge in [-0.15, -0.1) is 11.3 Å². The van der Waals surface area contributed by atoms with Crippen molar-refractivity contribution in [3.8, 4) is 0 Å². The van der Waals surface area contributed by atoms with Gasteiger partial charge in [0.1, 0.15) is 11.1 Å². The second-order valence-corrected chi connectivity index (χ2v) is 5.25. The lowest BCUT2D eigenvalue weighted by atomic mass is 10.1. The molecule has 4 heteroatoms. The van der Waals surface area contributed by atoms with Gasteiger partial charge < -0.3 is 10.5 Å². The highest BCUT2D eigenvalue weighted by atomic mass is 32.1. The smallest absolute Gasteiger partial charge is 0.122 e. The molecule has 0 aliphatic carbocycles. The minimum Gasteiger partial charge on any atom is -0.374 e. The van der Waals surface area contributed by atoms with E-state index in [0.717, 1.165) is 15.6 Å². The van der Waals surface area contributed by atoms with Gasteiger partial charge in [0.25, 0.3) is 0 Å². The number of ether oxygens (including phenoxy) is 1. The standard InChI is InChI=1S/C11H20N2OS/c1-6(2)9(14-5)11-13-8(4)10(15-11)7(3)12/h6-7,9H,12H2,1-5H3. The fraction of sp³-hybridized carbons (Fsp3) is 0.727. The Labute approximate surface area is 95.7 Å². The molecule has 1 aromatic heterocycles. The Balaban J connectivity index is 3.00. The van der Waals surface area contributed by atoms with E-state index in [0.29, 0.717) is 5.92 Å². The van der Waals surface area contributed by atoms with Gasteiger partial charge in [0, 0.05) is 18.0 Å². The fourth-order valence-electron chi connectivity index (χ4n) is 1.63. The van der Waals surface area contributed by atoms with Gasteiger partial charge in [-0.25, -0.2) is 4.98 Å². The van der Waals surface area contributed by atoms with Crippen LogP contribution in [0, 0.1) is 12.8 Å².